The highest BCUT2D eigenvalue weighted by Crippen LogP contribution is 2.25. The van der Waals surface area contributed by atoms with E-state index in [0.717, 1.165) is 32.1 Å². The maximum atomic E-state index is 12.7. The molecule has 0 spiro atoms. The van der Waals surface area contributed by atoms with E-state index in [9.17, 15) is 18.0 Å². The van der Waals surface area contributed by atoms with Gasteiger partial charge in [-0.2, -0.15) is 4.31 Å². The molecule has 1 heterocycles. The van der Waals surface area contributed by atoms with E-state index in [0.29, 0.717) is 24.3 Å². The van der Waals surface area contributed by atoms with Crippen molar-refractivity contribution >= 4 is 27.4 Å². The van der Waals surface area contributed by atoms with Crippen molar-refractivity contribution in [3.63, 3.8) is 0 Å². The van der Waals surface area contributed by atoms with Crippen molar-refractivity contribution in [1.29, 1.82) is 0 Å². The minimum absolute atomic E-state index is 0.0507. The second-order valence-electron chi connectivity index (χ2n) is 7.95. The van der Waals surface area contributed by atoms with E-state index in [1.165, 1.54) is 21.5 Å². The van der Waals surface area contributed by atoms with E-state index >= 15 is 0 Å². The Morgan fingerprint density at radius 3 is 2.47 bits per heavy atom. The molecule has 1 N–H and O–H groups in total. The molecule has 0 saturated carbocycles. The van der Waals surface area contributed by atoms with Gasteiger partial charge in [-0.15, -0.1) is 0 Å². The maximum Gasteiger partial charge on any atom is 0.243 e. The summed E-state index contributed by atoms with van der Waals surface area (Å²) < 4.78 is 26.9. The van der Waals surface area contributed by atoms with Crippen molar-refractivity contribution in [1.82, 2.24) is 4.31 Å². The molecule has 4 rings (SSSR count). The van der Waals surface area contributed by atoms with Gasteiger partial charge in [-0.25, -0.2) is 8.42 Å². The molecule has 0 bridgehead atoms. The Balaban J connectivity index is 1.35. The first kappa shape index (κ1) is 20.8. The molecule has 2 aliphatic rings. The first-order valence-corrected chi connectivity index (χ1v) is 11.9. The first-order valence-electron chi connectivity index (χ1n) is 10.5. The molecule has 0 aromatic heterocycles. The summed E-state index contributed by atoms with van der Waals surface area (Å²) in [4.78, 5) is 25.0. The molecule has 1 aliphatic heterocycles. The zero-order valence-electron chi connectivity index (χ0n) is 16.9. The zero-order valence-corrected chi connectivity index (χ0v) is 17.7. The van der Waals surface area contributed by atoms with Gasteiger partial charge >= 0.3 is 0 Å². The molecule has 6 nitrogen and oxygen atoms in total. The van der Waals surface area contributed by atoms with Gasteiger partial charge in [-0.3, -0.25) is 9.59 Å². The van der Waals surface area contributed by atoms with Crippen LogP contribution in [0.1, 0.15) is 53.6 Å². The van der Waals surface area contributed by atoms with Crippen LogP contribution in [0.3, 0.4) is 0 Å². The van der Waals surface area contributed by atoms with Crippen molar-refractivity contribution < 1.29 is 18.0 Å². The first-order chi connectivity index (χ1) is 14.4. The fraction of sp³-hybridized carbons (Fsp3) is 0.391. The lowest BCUT2D eigenvalue weighted by molar-refractivity contribution is -0.116. The quantitative estimate of drug-likeness (QED) is 0.686. The van der Waals surface area contributed by atoms with Gasteiger partial charge < -0.3 is 5.32 Å². The molecule has 0 unspecified atom stereocenters. The van der Waals surface area contributed by atoms with E-state index in [-0.39, 0.29) is 29.4 Å². The SMILES string of the molecule is O=C(CCC(=O)c1ccc2c(c1)CCC2)Nc1cccc(S(=O)(=O)N2CCCC2)c1. The Morgan fingerprint density at radius 1 is 0.900 bits per heavy atom. The number of carbonyl (C=O) groups excluding carboxylic acids is 2. The van der Waals surface area contributed by atoms with Gasteiger partial charge in [0, 0.05) is 37.2 Å². The fourth-order valence-electron chi connectivity index (χ4n) is 4.15. The maximum absolute atomic E-state index is 12.7. The van der Waals surface area contributed by atoms with E-state index in [1.807, 2.05) is 18.2 Å². The third kappa shape index (κ3) is 4.47. The summed E-state index contributed by atoms with van der Waals surface area (Å²) >= 11 is 0. The van der Waals surface area contributed by atoms with Crippen LogP contribution in [0.25, 0.3) is 0 Å². The second kappa shape index (κ2) is 8.70. The Morgan fingerprint density at radius 2 is 1.67 bits per heavy atom. The van der Waals surface area contributed by atoms with Gasteiger partial charge in [0.15, 0.2) is 5.78 Å². The summed E-state index contributed by atoms with van der Waals surface area (Å²) in [6.45, 7) is 1.06. The fourth-order valence-corrected chi connectivity index (χ4v) is 5.72. The highest BCUT2D eigenvalue weighted by Gasteiger charge is 2.27. The number of ketones is 1. The highest BCUT2D eigenvalue weighted by molar-refractivity contribution is 7.89. The number of nitrogens with one attached hydrogen (secondary N) is 1. The van der Waals surface area contributed by atoms with Gasteiger partial charge in [-0.1, -0.05) is 18.2 Å². The number of Topliss-reactive ketones (excluding diaryl/α,β-unsaturated/α-hetero) is 1. The summed E-state index contributed by atoms with van der Waals surface area (Å²) in [7, 11) is -3.54. The summed E-state index contributed by atoms with van der Waals surface area (Å²) in [5.74, 6) is -0.356. The number of benzene rings is 2. The van der Waals surface area contributed by atoms with Gasteiger partial charge in [-0.05, 0) is 67.5 Å². The average molecular weight is 427 g/mol. The van der Waals surface area contributed by atoms with Crippen molar-refractivity contribution in [3.05, 3.63) is 59.2 Å². The number of rotatable bonds is 7. The van der Waals surface area contributed by atoms with Crippen LogP contribution in [-0.2, 0) is 27.7 Å². The van der Waals surface area contributed by atoms with Gasteiger partial charge in [0.05, 0.1) is 4.90 Å². The Kier molecular flexibility index (Phi) is 6.01. The van der Waals surface area contributed by atoms with Gasteiger partial charge in [0.2, 0.25) is 15.9 Å². The summed E-state index contributed by atoms with van der Waals surface area (Å²) in [5, 5.41) is 2.72. The van der Waals surface area contributed by atoms with Crippen molar-refractivity contribution in [3.8, 4) is 0 Å². The minimum Gasteiger partial charge on any atom is -0.326 e. The molecule has 2 aromatic rings. The predicted octanol–water partition coefficient (Wildman–Crippen LogP) is 3.56. The molecule has 1 fully saturated rings. The van der Waals surface area contributed by atoms with Gasteiger partial charge in [0.25, 0.3) is 0 Å². The number of hydrogen-bond donors (Lipinski definition) is 1. The molecule has 2 aromatic carbocycles. The number of hydrogen-bond acceptors (Lipinski definition) is 4. The van der Waals surface area contributed by atoms with Crippen molar-refractivity contribution in [2.45, 2.75) is 49.8 Å². The summed E-state index contributed by atoms with van der Waals surface area (Å²) in [6.07, 6.45) is 5.12. The second-order valence-corrected chi connectivity index (χ2v) is 9.89. The number of nitrogens with zero attached hydrogens (tertiary/aromatic N) is 1. The molecular formula is C23H26N2O4S. The summed E-state index contributed by atoms with van der Waals surface area (Å²) in [5.41, 5.74) is 3.63. The number of amides is 1. The molecule has 158 valence electrons. The Labute approximate surface area is 177 Å². The van der Waals surface area contributed by atoms with E-state index < -0.39 is 10.0 Å². The number of carbonyl (C=O) groups is 2. The van der Waals surface area contributed by atoms with E-state index in [1.54, 1.807) is 18.2 Å². The van der Waals surface area contributed by atoms with Crippen LogP contribution in [-0.4, -0.2) is 37.5 Å². The van der Waals surface area contributed by atoms with Crippen LogP contribution in [0.4, 0.5) is 5.69 Å². The Hall–Kier alpha value is -2.51. The lowest BCUT2D eigenvalue weighted by Gasteiger charge is -2.16. The molecule has 7 heteroatoms. The van der Waals surface area contributed by atoms with Crippen molar-refractivity contribution in [2.75, 3.05) is 18.4 Å². The third-order valence-corrected chi connectivity index (χ3v) is 7.71. The lowest BCUT2D eigenvalue weighted by atomic mass is 10.0. The zero-order chi connectivity index (χ0) is 21.1. The predicted molar refractivity (Wildman–Crippen MR) is 115 cm³/mol. The molecule has 1 saturated heterocycles. The largest absolute Gasteiger partial charge is 0.326 e. The van der Waals surface area contributed by atoms with Crippen LogP contribution in [0.15, 0.2) is 47.4 Å². The van der Waals surface area contributed by atoms with Crippen molar-refractivity contribution in [2.24, 2.45) is 0 Å². The molecular weight excluding hydrogens is 400 g/mol. The molecule has 1 aliphatic carbocycles. The molecule has 30 heavy (non-hydrogen) atoms. The molecule has 0 atom stereocenters. The van der Waals surface area contributed by atoms with E-state index in [4.69, 9.17) is 0 Å². The third-order valence-electron chi connectivity index (χ3n) is 5.82. The number of aryl methyl sites for hydroxylation is 2. The normalized spacial score (nSPS) is 16.4. The number of sulfonamides is 1. The minimum atomic E-state index is -3.54. The summed E-state index contributed by atoms with van der Waals surface area (Å²) in [6, 6.07) is 12.1. The lowest BCUT2D eigenvalue weighted by Crippen LogP contribution is -2.27. The Bertz CT molecular complexity index is 1070. The van der Waals surface area contributed by atoms with Crippen LogP contribution >= 0.6 is 0 Å². The smallest absolute Gasteiger partial charge is 0.243 e. The van der Waals surface area contributed by atoms with Crippen LogP contribution in [0.2, 0.25) is 0 Å². The molecule has 1 amide bonds. The number of anilines is 1. The number of fused-ring (bicyclic) bond motifs is 1. The highest BCUT2D eigenvalue weighted by atomic mass is 32.2. The standard InChI is InChI=1S/C23H26N2O4S/c26-22(19-10-9-17-5-3-6-18(17)15-19)11-12-23(27)24-20-7-4-8-21(16-20)30(28,29)25-13-1-2-14-25/h4,7-10,15-16H,1-3,5-6,11-14H2,(H,24,27). The average Bonchev–Trinajstić information content (AvgIpc) is 3.43. The van der Waals surface area contributed by atoms with Gasteiger partial charge in [0.1, 0.15) is 0 Å². The van der Waals surface area contributed by atoms with Crippen LogP contribution < -0.4 is 5.32 Å². The van der Waals surface area contributed by atoms with Crippen LogP contribution in [0.5, 0.6) is 0 Å². The monoisotopic (exact) mass is 426 g/mol. The topological polar surface area (TPSA) is 83.5 Å². The van der Waals surface area contributed by atoms with Crippen LogP contribution in [0, 0.1) is 0 Å². The molecule has 0 radical (unpaired) electrons. The van der Waals surface area contributed by atoms with E-state index in [2.05, 4.69) is 5.32 Å².